The van der Waals surface area contributed by atoms with Gasteiger partial charge in [-0.3, -0.25) is 4.90 Å². The summed E-state index contributed by atoms with van der Waals surface area (Å²) in [6.07, 6.45) is 6.82. The fourth-order valence-corrected chi connectivity index (χ4v) is 6.83. The first-order valence-corrected chi connectivity index (χ1v) is 12.2. The van der Waals surface area contributed by atoms with E-state index in [1.165, 1.54) is 56.3 Å². The third-order valence-corrected chi connectivity index (χ3v) is 8.32. The summed E-state index contributed by atoms with van der Waals surface area (Å²) in [6.45, 7) is 9.70. The van der Waals surface area contributed by atoms with E-state index in [1.54, 1.807) is 0 Å². The second-order valence-electron chi connectivity index (χ2n) is 10.3. The van der Waals surface area contributed by atoms with Gasteiger partial charge in [0, 0.05) is 45.3 Å². The molecule has 5 nitrogen and oxygen atoms in total. The van der Waals surface area contributed by atoms with Crippen molar-refractivity contribution in [1.29, 1.82) is 0 Å². The molecule has 1 aliphatic heterocycles. The molecule has 0 radical (unpaired) electrons. The van der Waals surface area contributed by atoms with Crippen molar-refractivity contribution in [3.63, 3.8) is 0 Å². The van der Waals surface area contributed by atoms with Crippen molar-refractivity contribution < 1.29 is 4.79 Å². The number of nitrogens with zero attached hydrogens (tertiary/aromatic N) is 2. The molecule has 6 rings (SSSR count). The highest BCUT2D eigenvalue weighted by Gasteiger charge is 2.48. The maximum absolute atomic E-state index is 12.6. The average Bonchev–Trinajstić information content (AvgIpc) is 2.76. The minimum atomic E-state index is 0.0188. The van der Waals surface area contributed by atoms with Gasteiger partial charge in [0.15, 0.2) is 0 Å². The van der Waals surface area contributed by atoms with E-state index in [4.69, 9.17) is 0 Å². The third-order valence-electron chi connectivity index (χ3n) is 8.32. The lowest BCUT2D eigenvalue weighted by Gasteiger charge is -2.54. The quantitative estimate of drug-likeness (QED) is 0.755. The van der Waals surface area contributed by atoms with Crippen LogP contribution < -0.4 is 10.6 Å². The summed E-state index contributed by atoms with van der Waals surface area (Å²) in [6, 6.07) is 9.21. The number of hydrogen-bond acceptors (Lipinski definition) is 3. The van der Waals surface area contributed by atoms with Gasteiger partial charge in [-0.15, -0.1) is 0 Å². The molecule has 1 aromatic carbocycles. The smallest absolute Gasteiger partial charge is 0.315 e. The number of piperazine rings is 1. The van der Waals surface area contributed by atoms with Crippen LogP contribution in [0.1, 0.15) is 50.2 Å². The number of urea groups is 1. The molecule has 4 saturated carbocycles. The second kappa shape index (κ2) is 8.88. The molecule has 0 unspecified atom stereocenters. The van der Waals surface area contributed by atoms with Crippen molar-refractivity contribution in [2.75, 3.05) is 32.7 Å². The van der Waals surface area contributed by atoms with Crippen LogP contribution in [-0.4, -0.2) is 54.6 Å². The minimum Gasteiger partial charge on any atom is -0.335 e. The Morgan fingerprint density at radius 2 is 1.43 bits per heavy atom. The van der Waals surface area contributed by atoms with Crippen LogP contribution in [-0.2, 0) is 13.1 Å². The third kappa shape index (κ3) is 4.52. The van der Waals surface area contributed by atoms with Gasteiger partial charge in [-0.25, -0.2) is 4.79 Å². The number of likely N-dealkylation sites (N-methyl/N-ethyl adjacent to an activating group) is 1. The molecule has 5 aliphatic rings. The van der Waals surface area contributed by atoms with Gasteiger partial charge < -0.3 is 15.5 Å². The normalized spacial score (nSPS) is 33.6. The van der Waals surface area contributed by atoms with Gasteiger partial charge >= 0.3 is 6.03 Å². The Kier molecular flexibility index (Phi) is 6.01. The van der Waals surface area contributed by atoms with Gasteiger partial charge in [0.25, 0.3) is 0 Å². The minimum absolute atomic E-state index is 0.0188. The molecular weight excluding hydrogens is 372 g/mol. The molecule has 5 heteroatoms. The Bertz CT molecular complexity index is 697. The highest BCUT2D eigenvalue weighted by molar-refractivity contribution is 5.74. The molecule has 2 N–H and O–H groups in total. The van der Waals surface area contributed by atoms with E-state index >= 15 is 0 Å². The maximum atomic E-state index is 12.6. The summed E-state index contributed by atoms with van der Waals surface area (Å²) >= 11 is 0. The predicted octanol–water partition coefficient (Wildman–Crippen LogP) is 3.45. The molecule has 1 heterocycles. The van der Waals surface area contributed by atoms with E-state index < -0.39 is 0 Å². The van der Waals surface area contributed by atoms with Crippen molar-refractivity contribution in [2.24, 2.45) is 23.7 Å². The average molecular weight is 411 g/mol. The van der Waals surface area contributed by atoms with E-state index in [9.17, 15) is 4.79 Å². The van der Waals surface area contributed by atoms with Crippen molar-refractivity contribution in [2.45, 2.75) is 58.2 Å². The molecular formula is C25H38N4O. The molecule has 5 fully saturated rings. The number of carbonyl (C=O) groups is 1. The summed E-state index contributed by atoms with van der Waals surface area (Å²) in [5.74, 6) is 3.35. The van der Waals surface area contributed by atoms with Crippen molar-refractivity contribution in [3.05, 3.63) is 35.4 Å². The number of hydrogen-bond donors (Lipinski definition) is 2. The van der Waals surface area contributed by atoms with Gasteiger partial charge in [0.05, 0.1) is 0 Å². The van der Waals surface area contributed by atoms with Crippen LogP contribution in [0.5, 0.6) is 0 Å². The van der Waals surface area contributed by atoms with E-state index in [0.29, 0.717) is 12.6 Å². The SMILES string of the molecule is CCN1CCN(Cc2ccc(CNC(=O)NC3C4CC5CC(C4)CC3C5)cc2)CC1. The van der Waals surface area contributed by atoms with E-state index in [1.807, 2.05) is 0 Å². The summed E-state index contributed by atoms with van der Waals surface area (Å²) < 4.78 is 0. The summed E-state index contributed by atoms with van der Waals surface area (Å²) in [5.41, 5.74) is 2.54. The van der Waals surface area contributed by atoms with Crippen LogP contribution in [0.15, 0.2) is 24.3 Å². The summed E-state index contributed by atoms with van der Waals surface area (Å²) in [5, 5.41) is 6.45. The Morgan fingerprint density at radius 3 is 2.03 bits per heavy atom. The molecule has 0 spiro atoms. The van der Waals surface area contributed by atoms with Gasteiger partial charge in [-0.2, -0.15) is 0 Å². The molecule has 0 aromatic heterocycles. The Morgan fingerprint density at radius 1 is 0.867 bits per heavy atom. The lowest BCUT2D eigenvalue weighted by atomic mass is 9.54. The Balaban J connectivity index is 1.06. The molecule has 1 aromatic rings. The van der Waals surface area contributed by atoms with Crippen molar-refractivity contribution in [1.82, 2.24) is 20.4 Å². The van der Waals surface area contributed by atoms with Gasteiger partial charge in [-0.05, 0) is 73.4 Å². The number of amides is 2. The highest BCUT2D eigenvalue weighted by atomic mass is 16.2. The number of benzene rings is 1. The zero-order valence-electron chi connectivity index (χ0n) is 18.5. The van der Waals surface area contributed by atoms with Crippen molar-refractivity contribution >= 4 is 6.03 Å². The Hall–Kier alpha value is -1.59. The summed E-state index contributed by atoms with van der Waals surface area (Å²) in [7, 11) is 0. The van der Waals surface area contributed by atoms with Crippen LogP contribution in [0.4, 0.5) is 4.79 Å². The fraction of sp³-hybridized carbons (Fsp3) is 0.720. The standard InChI is InChI=1S/C25H38N4O/c1-2-28-7-9-29(10-8-28)17-19-5-3-18(4-6-19)16-26-25(30)27-24-22-12-20-11-21(14-22)15-23(24)13-20/h3-6,20-24H,2,7-17H2,1H3,(H2,26,27,30). The van der Waals surface area contributed by atoms with Gasteiger partial charge in [0.2, 0.25) is 0 Å². The van der Waals surface area contributed by atoms with Crippen LogP contribution in [0, 0.1) is 23.7 Å². The highest BCUT2D eigenvalue weighted by Crippen LogP contribution is 2.53. The lowest BCUT2D eigenvalue weighted by Crippen LogP contribution is -2.57. The number of rotatable bonds is 6. The zero-order valence-corrected chi connectivity index (χ0v) is 18.5. The Labute approximate surface area is 181 Å². The molecule has 164 valence electrons. The van der Waals surface area contributed by atoms with Crippen LogP contribution in [0.3, 0.4) is 0 Å². The molecule has 0 atom stereocenters. The first-order valence-electron chi connectivity index (χ1n) is 12.2. The lowest BCUT2D eigenvalue weighted by molar-refractivity contribution is -0.00942. The zero-order chi connectivity index (χ0) is 20.5. The monoisotopic (exact) mass is 410 g/mol. The van der Waals surface area contributed by atoms with Crippen LogP contribution in [0.2, 0.25) is 0 Å². The molecule has 4 aliphatic carbocycles. The summed E-state index contributed by atoms with van der Waals surface area (Å²) in [4.78, 5) is 17.6. The van der Waals surface area contributed by atoms with Gasteiger partial charge in [-0.1, -0.05) is 31.2 Å². The number of nitrogens with one attached hydrogen (secondary N) is 2. The van der Waals surface area contributed by atoms with Crippen LogP contribution in [0.25, 0.3) is 0 Å². The fourth-order valence-electron chi connectivity index (χ4n) is 6.83. The molecule has 1 saturated heterocycles. The molecule has 2 amide bonds. The molecule has 30 heavy (non-hydrogen) atoms. The van der Waals surface area contributed by atoms with E-state index in [-0.39, 0.29) is 6.03 Å². The van der Waals surface area contributed by atoms with E-state index in [0.717, 1.165) is 49.9 Å². The topological polar surface area (TPSA) is 47.6 Å². The van der Waals surface area contributed by atoms with Crippen molar-refractivity contribution in [3.8, 4) is 0 Å². The first-order chi connectivity index (χ1) is 14.7. The van der Waals surface area contributed by atoms with Crippen LogP contribution >= 0.6 is 0 Å². The predicted molar refractivity (Wildman–Crippen MR) is 120 cm³/mol. The maximum Gasteiger partial charge on any atom is 0.315 e. The largest absolute Gasteiger partial charge is 0.335 e. The number of carbonyl (C=O) groups excluding carboxylic acids is 1. The second-order valence-corrected chi connectivity index (χ2v) is 10.3. The van der Waals surface area contributed by atoms with E-state index in [2.05, 4.69) is 51.6 Å². The first kappa shape index (κ1) is 20.3. The molecule has 4 bridgehead atoms. The van der Waals surface area contributed by atoms with Gasteiger partial charge in [0.1, 0.15) is 0 Å².